The van der Waals surface area contributed by atoms with Crippen molar-refractivity contribution in [2.24, 2.45) is 17.8 Å². The van der Waals surface area contributed by atoms with Gasteiger partial charge in [0, 0.05) is 6.54 Å². The molecule has 4 unspecified atom stereocenters. The summed E-state index contributed by atoms with van der Waals surface area (Å²) in [5.41, 5.74) is 0. The molecule has 0 aromatic heterocycles. The zero-order valence-electron chi connectivity index (χ0n) is 12.7. The van der Waals surface area contributed by atoms with E-state index in [9.17, 15) is 4.79 Å². The van der Waals surface area contributed by atoms with Gasteiger partial charge in [0.05, 0.1) is 6.61 Å². The van der Waals surface area contributed by atoms with Gasteiger partial charge in [0.25, 0.3) is 0 Å². The van der Waals surface area contributed by atoms with Gasteiger partial charge in [0.2, 0.25) is 0 Å². The molecule has 4 atom stereocenters. The minimum atomic E-state index is -0.350. The summed E-state index contributed by atoms with van der Waals surface area (Å²) in [5, 5.41) is 11.7. The van der Waals surface area contributed by atoms with Crippen LogP contribution in [0.4, 0.5) is 0 Å². The van der Waals surface area contributed by atoms with Crippen molar-refractivity contribution >= 4 is 5.97 Å². The molecule has 4 nitrogen and oxygen atoms in total. The van der Waals surface area contributed by atoms with E-state index in [0.717, 1.165) is 12.8 Å². The average Bonchev–Trinajstić information content (AvgIpc) is 2.35. The van der Waals surface area contributed by atoms with Gasteiger partial charge in [0.15, 0.2) is 0 Å². The highest BCUT2D eigenvalue weighted by Crippen LogP contribution is 2.35. The Bertz CT molecular complexity index is 281. The summed E-state index contributed by atoms with van der Waals surface area (Å²) in [6, 6.07) is -0.350. The maximum absolute atomic E-state index is 12.0. The normalized spacial score (nSPS) is 29.3. The summed E-state index contributed by atoms with van der Waals surface area (Å²) in [7, 11) is 0. The molecule has 4 heteroatoms. The fraction of sp³-hybridized carbons (Fsp3) is 0.933. The first-order chi connectivity index (χ1) is 8.95. The van der Waals surface area contributed by atoms with Crippen molar-refractivity contribution in [1.29, 1.82) is 0 Å². The number of rotatable bonds is 6. The van der Waals surface area contributed by atoms with Crippen LogP contribution in [0.25, 0.3) is 0 Å². The molecule has 0 aromatic carbocycles. The van der Waals surface area contributed by atoms with Crippen LogP contribution >= 0.6 is 0 Å². The number of hydrogen-bond donors (Lipinski definition) is 2. The summed E-state index contributed by atoms with van der Waals surface area (Å²) in [6.45, 7) is 8.88. The number of ether oxygens (including phenoxy) is 1. The lowest BCUT2D eigenvalue weighted by Gasteiger charge is -2.37. The van der Waals surface area contributed by atoms with Crippen LogP contribution in [0.1, 0.15) is 47.0 Å². The van der Waals surface area contributed by atoms with E-state index in [1.807, 2.05) is 0 Å². The van der Waals surface area contributed by atoms with Gasteiger partial charge < -0.3 is 15.2 Å². The molecule has 1 rings (SSSR count). The minimum Gasteiger partial charge on any atom is -0.461 e. The van der Waals surface area contributed by atoms with E-state index in [0.29, 0.717) is 24.3 Å². The molecule has 0 spiro atoms. The van der Waals surface area contributed by atoms with Crippen molar-refractivity contribution < 1.29 is 14.6 Å². The van der Waals surface area contributed by atoms with Gasteiger partial charge in [-0.25, -0.2) is 0 Å². The molecule has 112 valence electrons. The number of hydrogen-bond acceptors (Lipinski definition) is 4. The molecule has 19 heavy (non-hydrogen) atoms. The molecule has 1 aliphatic rings. The average molecular weight is 271 g/mol. The number of carbonyl (C=O) groups is 1. The lowest BCUT2D eigenvalue weighted by atomic mass is 9.75. The quantitative estimate of drug-likeness (QED) is 0.725. The smallest absolute Gasteiger partial charge is 0.323 e. The van der Waals surface area contributed by atoms with Crippen LogP contribution in [0, 0.1) is 17.8 Å². The fourth-order valence-electron chi connectivity index (χ4n) is 2.87. The van der Waals surface area contributed by atoms with Crippen LogP contribution in [0.2, 0.25) is 0 Å². The maximum Gasteiger partial charge on any atom is 0.323 e. The van der Waals surface area contributed by atoms with Crippen molar-refractivity contribution in [3.05, 3.63) is 0 Å². The van der Waals surface area contributed by atoms with Crippen molar-refractivity contribution in [2.45, 2.75) is 59.1 Å². The Kier molecular flexibility index (Phi) is 6.80. The van der Waals surface area contributed by atoms with Gasteiger partial charge >= 0.3 is 5.97 Å². The lowest BCUT2D eigenvalue weighted by Crippen LogP contribution is -2.42. The fourth-order valence-corrected chi connectivity index (χ4v) is 2.87. The molecule has 0 radical (unpaired) electrons. The van der Waals surface area contributed by atoms with E-state index in [2.05, 4.69) is 26.1 Å². The first kappa shape index (κ1) is 16.4. The first-order valence-electron chi connectivity index (χ1n) is 7.50. The highest BCUT2D eigenvalue weighted by atomic mass is 16.5. The molecule has 1 fully saturated rings. The molecule has 0 saturated heterocycles. The van der Waals surface area contributed by atoms with Gasteiger partial charge in [-0.15, -0.1) is 0 Å². The van der Waals surface area contributed by atoms with Crippen LogP contribution in [0.3, 0.4) is 0 Å². The van der Waals surface area contributed by atoms with Crippen molar-refractivity contribution in [3.8, 4) is 0 Å². The molecule has 0 aliphatic heterocycles. The maximum atomic E-state index is 12.0. The van der Waals surface area contributed by atoms with Crippen molar-refractivity contribution in [2.75, 3.05) is 13.2 Å². The Labute approximate surface area is 116 Å². The molecule has 1 saturated carbocycles. The Hall–Kier alpha value is -0.610. The lowest BCUT2D eigenvalue weighted by molar-refractivity contribution is -0.158. The summed E-state index contributed by atoms with van der Waals surface area (Å²) < 4.78 is 5.71. The largest absolute Gasteiger partial charge is 0.461 e. The molecule has 0 heterocycles. The molecule has 0 aromatic rings. The number of aliphatic hydroxyl groups excluding tert-OH is 1. The molecule has 2 N–H and O–H groups in total. The van der Waals surface area contributed by atoms with E-state index in [-0.39, 0.29) is 24.7 Å². The summed E-state index contributed by atoms with van der Waals surface area (Å²) in [4.78, 5) is 12.0. The molecule has 0 amide bonds. The Balaban J connectivity index is 2.53. The number of aliphatic hydroxyl groups is 1. The Morgan fingerprint density at radius 1 is 1.37 bits per heavy atom. The van der Waals surface area contributed by atoms with Crippen LogP contribution in [0.5, 0.6) is 0 Å². The molecular weight excluding hydrogens is 242 g/mol. The third-order valence-electron chi connectivity index (χ3n) is 4.14. The van der Waals surface area contributed by atoms with Crippen LogP contribution in [0.15, 0.2) is 0 Å². The molecule has 1 aliphatic carbocycles. The van der Waals surface area contributed by atoms with Crippen LogP contribution in [-0.4, -0.2) is 36.4 Å². The van der Waals surface area contributed by atoms with Gasteiger partial charge in [-0.3, -0.25) is 4.79 Å². The minimum absolute atomic E-state index is 0.0344. The standard InChI is InChI=1S/C15H29NO3/c1-10(2)13-6-5-11(3)9-14(13)19-15(18)12(4)16-7-8-17/h10-14,16-17H,5-9H2,1-4H3. The topological polar surface area (TPSA) is 58.6 Å². The van der Waals surface area contributed by atoms with Crippen molar-refractivity contribution in [3.63, 3.8) is 0 Å². The van der Waals surface area contributed by atoms with Gasteiger partial charge in [-0.2, -0.15) is 0 Å². The summed E-state index contributed by atoms with van der Waals surface area (Å²) >= 11 is 0. The van der Waals surface area contributed by atoms with E-state index in [1.165, 1.54) is 6.42 Å². The van der Waals surface area contributed by atoms with Gasteiger partial charge in [-0.1, -0.05) is 27.2 Å². The SMILES string of the molecule is CC1CCC(C(C)C)C(OC(=O)C(C)NCCO)C1. The number of carbonyl (C=O) groups excluding carboxylic acids is 1. The second-order valence-corrected chi connectivity index (χ2v) is 6.20. The predicted molar refractivity (Wildman–Crippen MR) is 75.8 cm³/mol. The summed E-state index contributed by atoms with van der Waals surface area (Å²) in [6.07, 6.45) is 3.40. The highest BCUT2D eigenvalue weighted by molar-refractivity contribution is 5.75. The second kappa shape index (κ2) is 7.85. The third-order valence-corrected chi connectivity index (χ3v) is 4.14. The highest BCUT2D eigenvalue weighted by Gasteiger charge is 2.34. The van der Waals surface area contributed by atoms with E-state index >= 15 is 0 Å². The first-order valence-corrected chi connectivity index (χ1v) is 7.50. The Morgan fingerprint density at radius 2 is 2.05 bits per heavy atom. The molecular formula is C15H29NO3. The van der Waals surface area contributed by atoms with Crippen LogP contribution < -0.4 is 5.32 Å². The Morgan fingerprint density at radius 3 is 2.63 bits per heavy atom. The van der Waals surface area contributed by atoms with E-state index in [1.54, 1.807) is 6.92 Å². The second-order valence-electron chi connectivity index (χ2n) is 6.20. The molecule has 0 bridgehead atoms. The van der Waals surface area contributed by atoms with E-state index in [4.69, 9.17) is 9.84 Å². The zero-order chi connectivity index (χ0) is 14.4. The van der Waals surface area contributed by atoms with Crippen molar-refractivity contribution in [1.82, 2.24) is 5.32 Å². The van der Waals surface area contributed by atoms with Gasteiger partial charge in [-0.05, 0) is 37.5 Å². The number of nitrogens with one attached hydrogen (secondary N) is 1. The zero-order valence-corrected chi connectivity index (χ0v) is 12.7. The summed E-state index contributed by atoms with van der Waals surface area (Å²) in [5.74, 6) is 1.46. The van der Waals surface area contributed by atoms with E-state index < -0.39 is 0 Å². The van der Waals surface area contributed by atoms with Crippen LogP contribution in [-0.2, 0) is 9.53 Å². The monoisotopic (exact) mass is 271 g/mol. The van der Waals surface area contributed by atoms with Gasteiger partial charge in [0.1, 0.15) is 12.1 Å². The predicted octanol–water partition coefficient (Wildman–Crippen LogP) is 1.96. The third kappa shape index (κ3) is 5.11. The number of esters is 1.